The Morgan fingerprint density at radius 1 is 1.27 bits per heavy atom. The second-order valence-corrected chi connectivity index (χ2v) is 13.5. The van der Waals surface area contributed by atoms with E-state index in [0.717, 1.165) is 6.26 Å². The molecule has 0 aliphatic rings. The molecule has 0 radical (unpaired) electrons. The van der Waals surface area contributed by atoms with Crippen LogP contribution in [0.5, 0.6) is 0 Å². The van der Waals surface area contributed by atoms with Crippen LogP contribution in [0.1, 0.15) is 40.5 Å². The standard InChI is InChI=1S/C15H32O5SSi/c1-8-14(20-21(5,17)18)11-9-10-13(16)12-19-22(6,7)15(2,3)4/h9-10,13-14,16H,8,11-12H2,1-7H3/b10-9-/t13-,14+/m0/s1. The molecule has 0 unspecified atom stereocenters. The summed E-state index contributed by atoms with van der Waals surface area (Å²) >= 11 is 0. The van der Waals surface area contributed by atoms with Gasteiger partial charge in [-0.15, -0.1) is 0 Å². The van der Waals surface area contributed by atoms with Crippen molar-refractivity contribution in [3.05, 3.63) is 12.2 Å². The van der Waals surface area contributed by atoms with Gasteiger partial charge in [0.2, 0.25) is 0 Å². The maximum Gasteiger partial charge on any atom is 0.264 e. The van der Waals surface area contributed by atoms with E-state index in [-0.39, 0.29) is 17.7 Å². The van der Waals surface area contributed by atoms with Gasteiger partial charge in [0, 0.05) is 0 Å². The van der Waals surface area contributed by atoms with Gasteiger partial charge in [0.05, 0.1) is 25.1 Å². The van der Waals surface area contributed by atoms with E-state index >= 15 is 0 Å². The summed E-state index contributed by atoms with van der Waals surface area (Å²) in [7, 11) is -5.31. The van der Waals surface area contributed by atoms with E-state index in [4.69, 9.17) is 8.61 Å². The monoisotopic (exact) mass is 352 g/mol. The van der Waals surface area contributed by atoms with Gasteiger partial charge in [-0.05, 0) is 31.0 Å². The van der Waals surface area contributed by atoms with E-state index in [2.05, 4.69) is 33.9 Å². The quantitative estimate of drug-likeness (QED) is 0.392. The largest absolute Gasteiger partial charge is 0.414 e. The maximum absolute atomic E-state index is 11.1. The first-order valence-electron chi connectivity index (χ1n) is 7.65. The third-order valence-corrected chi connectivity index (χ3v) is 9.07. The molecule has 0 amide bonds. The zero-order valence-corrected chi connectivity index (χ0v) is 16.7. The molecule has 22 heavy (non-hydrogen) atoms. The highest BCUT2D eigenvalue weighted by molar-refractivity contribution is 7.86. The lowest BCUT2D eigenvalue weighted by molar-refractivity contribution is 0.134. The minimum absolute atomic E-state index is 0.104. The Bertz CT molecular complexity index is 451. The Kier molecular flexibility index (Phi) is 8.50. The normalized spacial score (nSPS) is 16.9. The van der Waals surface area contributed by atoms with Gasteiger partial charge in [-0.3, -0.25) is 4.18 Å². The molecule has 5 nitrogen and oxygen atoms in total. The molecule has 1 N–H and O–H groups in total. The smallest absolute Gasteiger partial charge is 0.264 e. The van der Waals surface area contributed by atoms with Crippen molar-refractivity contribution in [1.82, 2.24) is 0 Å². The molecule has 0 bridgehead atoms. The third-order valence-electron chi connectivity index (χ3n) is 3.94. The molecule has 0 fully saturated rings. The molecule has 7 heteroatoms. The molecule has 0 aromatic rings. The van der Waals surface area contributed by atoms with Crippen molar-refractivity contribution in [1.29, 1.82) is 0 Å². The summed E-state index contributed by atoms with van der Waals surface area (Å²) in [5, 5.41) is 10.1. The van der Waals surface area contributed by atoms with Crippen LogP contribution in [-0.4, -0.2) is 46.9 Å². The van der Waals surface area contributed by atoms with Gasteiger partial charge in [0.15, 0.2) is 8.32 Å². The lowest BCUT2D eigenvalue weighted by Crippen LogP contribution is -2.42. The summed E-state index contributed by atoms with van der Waals surface area (Å²) in [6.45, 7) is 12.8. The second-order valence-electron chi connectivity index (χ2n) is 7.13. The fraction of sp³-hybridized carbons (Fsp3) is 0.867. The maximum atomic E-state index is 11.1. The Balaban J connectivity index is 4.34. The molecule has 2 atom stereocenters. The Morgan fingerprint density at radius 2 is 1.82 bits per heavy atom. The van der Waals surface area contributed by atoms with Gasteiger partial charge in [-0.2, -0.15) is 8.42 Å². The highest BCUT2D eigenvalue weighted by atomic mass is 32.2. The summed E-state index contributed by atoms with van der Waals surface area (Å²) in [6.07, 6.45) is 4.39. The van der Waals surface area contributed by atoms with E-state index < -0.39 is 24.5 Å². The molecule has 0 spiro atoms. The van der Waals surface area contributed by atoms with Crippen molar-refractivity contribution in [3.63, 3.8) is 0 Å². The SMILES string of the molecule is CC[C@H](C/C=C\[C@H](O)CO[Si](C)(C)C(C)(C)C)OS(C)(=O)=O. The average molecular weight is 353 g/mol. The average Bonchev–Trinajstić information content (AvgIpc) is 2.32. The summed E-state index contributed by atoms with van der Waals surface area (Å²) in [5.74, 6) is 0. The van der Waals surface area contributed by atoms with Crippen LogP contribution >= 0.6 is 0 Å². The molecule has 0 heterocycles. The van der Waals surface area contributed by atoms with Gasteiger partial charge in [0.1, 0.15) is 0 Å². The molecule has 132 valence electrons. The van der Waals surface area contributed by atoms with E-state index in [1.54, 1.807) is 12.2 Å². The van der Waals surface area contributed by atoms with Crippen LogP contribution in [0.25, 0.3) is 0 Å². The predicted octanol–water partition coefficient (Wildman–Crippen LogP) is 3.07. The topological polar surface area (TPSA) is 72.8 Å². The van der Waals surface area contributed by atoms with Crippen molar-refractivity contribution in [2.75, 3.05) is 12.9 Å². The summed E-state index contributed by atoms with van der Waals surface area (Å²) in [5.41, 5.74) is 0. The van der Waals surface area contributed by atoms with Gasteiger partial charge >= 0.3 is 0 Å². The Morgan fingerprint density at radius 3 is 2.23 bits per heavy atom. The minimum atomic E-state index is -3.45. The van der Waals surface area contributed by atoms with Crippen molar-refractivity contribution in [2.45, 2.75) is 70.9 Å². The van der Waals surface area contributed by atoms with Crippen molar-refractivity contribution in [3.8, 4) is 0 Å². The summed E-state index contributed by atoms with van der Waals surface area (Å²) < 4.78 is 33.1. The Hall–Kier alpha value is -0.213. The summed E-state index contributed by atoms with van der Waals surface area (Å²) in [6, 6.07) is 0. The lowest BCUT2D eigenvalue weighted by Gasteiger charge is -2.36. The van der Waals surface area contributed by atoms with Crippen LogP contribution in [0.3, 0.4) is 0 Å². The minimum Gasteiger partial charge on any atom is -0.414 e. The molecular weight excluding hydrogens is 320 g/mol. The van der Waals surface area contributed by atoms with Gasteiger partial charge < -0.3 is 9.53 Å². The van der Waals surface area contributed by atoms with E-state index in [1.807, 2.05) is 6.92 Å². The molecule has 0 saturated carbocycles. The van der Waals surface area contributed by atoms with Crippen molar-refractivity contribution in [2.24, 2.45) is 0 Å². The fourth-order valence-electron chi connectivity index (χ4n) is 1.47. The first kappa shape index (κ1) is 21.8. The molecule has 0 aromatic carbocycles. The molecule has 0 aromatic heterocycles. The lowest BCUT2D eigenvalue weighted by atomic mass is 10.2. The zero-order chi connectivity index (χ0) is 17.6. The van der Waals surface area contributed by atoms with Crippen LogP contribution in [0.4, 0.5) is 0 Å². The van der Waals surface area contributed by atoms with E-state index in [9.17, 15) is 13.5 Å². The Labute approximate surface area is 137 Å². The first-order valence-corrected chi connectivity index (χ1v) is 12.4. The summed E-state index contributed by atoms with van der Waals surface area (Å²) in [4.78, 5) is 0. The zero-order valence-electron chi connectivity index (χ0n) is 14.9. The van der Waals surface area contributed by atoms with Gasteiger partial charge in [0.25, 0.3) is 10.1 Å². The van der Waals surface area contributed by atoms with Gasteiger partial charge in [-0.1, -0.05) is 39.8 Å². The molecule has 0 aliphatic carbocycles. The van der Waals surface area contributed by atoms with Crippen molar-refractivity contribution < 1.29 is 22.1 Å². The molecule has 0 saturated heterocycles. The van der Waals surface area contributed by atoms with Crippen LogP contribution in [0, 0.1) is 0 Å². The molecular formula is C15H32O5SSi. The molecule has 0 aliphatic heterocycles. The van der Waals surface area contributed by atoms with E-state index in [0.29, 0.717) is 12.8 Å². The van der Waals surface area contributed by atoms with Crippen LogP contribution < -0.4 is 0 Å². The predicted molar refractivity (Wildman–Crippen MR) is 92.9 cm³/mol. The highest BCUT2D eigenvalue weighted by Gasteiger charge is 2.37. The van der Waals surface area contributed by atoms with Crippen molar-refractivity contribution >= 4 is 18.4 Å². The van der Waals surface area contributed by atoms with Crippen LogP contribution in [-0.2, 0) is 18.7 Å². The second kappa shape index (κ2) is 8.59. The van der Waals surface area contributed by atoms with Gasteiger partial charge in [-0.25, -0.2) is 0 Å². The van der Waals surface area contributed by atoms with E-state index in [1.165, 1.54) is 0 Å². The third kappa shape index (κ3) is 9.04. The number of aliphatic hydroxyl groups excluding tert-OH is 1. The number of hydrogen-bond donors (Lipinski definition) is 1. The number of rotatable bonds is 9. The first-order chi connectivity index (χ1) is 9.78. The number of hydrogen-bond acceptors (Lipinski definition) is 5. The van der Waals surface area contributed by atoms with Crippen LogP contribution in [0.15, 0.2) is 12.2 Å². The van der Waals surface area contributed by atoms with Crippen LogP contribution in [0.2, 0.25) is 18.1 Å². The number of aliphatic hydroxyl groups is 1. The highest BCUT2D eigenvalue weighted by Crippen LogP contribution is 2.36. The fourth-order valence-corrected chi connectivity index (χ4v) is 3.20. The molecule has 0 rings (SSSR count).